The molecule has 0 radical (unpaired) electrons. The van der Waals surface area contributed by atoms with Crippen LogP contribution in [-0.2, 0) is 9.84 Å². The van der Waals surface area contributed by atoms with Crippen molar-refractivity contribution in [1.82, 2.24) is 10.6 Å². The van der Waals surface area contributed by atoms with Crippen molar-refractivity contribution in [1.29, 1.82) is 0 Å². The highest BCUT2D eigenvalue weighted by molar-refractivity contribution is 7.90. The lowest BCUT2D eigenvalue weighted by Gasteiger charge is -2.26. The summed E-state index contributed by atoms with van der Waals surface area (Å²) in [5.74, 6) is 0.964. The standard InChI is InChI=1S/C12H24N2O2S/c1-17(15,16)9-8-14-11-5-2-4-10(11)12-6-3-7-13-12/h10-14H,2-9H2,1H3. The van der Waals surface area contributed by atoms with E-state index in [4.69, 9.17) is 0 Å². The summed E-state index contributed by atoms with van der Waals surface area (Å²) >= 11 is 0. The van der Waals surface area contributed by atoms with Crippen LogP contribution in [0, 0.1) is 5.92 Å². The Balaban J connectivity index is 1.78. The first-order chi connectivity index (χ1) is 8.06. The summed E-state index contributed by atoms with van der Waals surface area (Å²) in [7, 11) is -2.83. The van der Waals surface area contributed by atoms with Crippen LogP contribution in [0.5, 0.6) is 0 Å². The third kappa shape index (κ3) is 3.93. The van der Waals surface area contributed by atoms with Gasteiger partial charge in [0.25, 0.3) is 0 Å². The summed E-state index contributed by atoms with van der Waals surface area (Å²) in [6, 6.07) is 1.18. The molecule has 2 aliphatic rings. The van der Waals surface area contributed by atoms with Gasteiger partial charge in [0.2, 0.25) is 0 Å². The molecule has 2 N–H and O–H groups in total. The molecule has 17 heavy (non-hydrogen) atoms. The van der Waals surface area contributed by atoms with Gasteiger partial charge >= 0.3 is 0 Å². The average molecular weight is 260 g/mol. The van der Waals surface area contributed by atoms with E-state index in [1.165, 1.54) is 38.4 Å². The Bertz CT molecular complexity index is 336. The zero-order valence-corrected chi connectivity index (χ0v) is 11.4. The van der Waals surface area contributed by atoms with Gasteiger partial charge in [0.05, 0.1) is 5.75 Å². The molecule has 0 aromatic rings. The second kappa shape index (κ2) is 5.67. The van der Waals surface area contributed by atoms with E-state index in [1.54, 1.807) is 0 Å². The summed E-state index contributed by atoms with van der Waals surface area (Å²) in [4.78, 5) is 0. The van der Waals surface area contributed by atoms with Crippen molar-refractivity contribution in [3.8, 4) is 0 Å². The Labute approximate surface area is 104 Å². The maximum atomic E-state index is 11.1. The Morgan fingerprint density at radius 3 is 2.71 bits per heavy atom. The van der Waals surface area contributed by atoms with Crippen molar-refractivity contribution >= 4 is 9.84 Å². The fourth-order valence-electron chi connectivity index (χ4n) is 3.23. The molecule has 4 nitrogen and oxygen atoms in total. The molecule has 3 atom stereocenters. The second-order valence-electron chi connectivity index (χ2n) is 5.49. The monoisotopic (exact) mass is 260 g/mol. The van der Waals surface area contributed by atoms with Crippen LogP contribution in [0.15, 0.2) is 0 Å². The fourth-order valence-corrected chi connectivity index (χ4v) is 3.72. The Kier molecular flexibility index (Phi) is 4.44. The topological polar surface area (TPSA) is 58.2 Å². The van der Waals surface area contributed by atoms with Crippen molar-refractivity contribution in [3.05, 3.63) is 0 Å². The van der Waals surface area contributed by atoms with Crippen molar-refractivity contribution in [2.75, 3.05) is 25.1 Å². The van der Waals surface area contributed by atoms with Gasteiger partial charge in [0.15, 0.2) is 0 Å². The van der Waals surface area contributed by atoms with Crippen LogP contribution in [0.3, 0.4) is 0 Å². The summed E-state index contributed by atoms with van der Waals surface area (Å²) in [5, 5.41) is 7.02. The lowest BCUT2D eigenvalue weighted by Crippen LogP contribution is -2.43. The molecule has 0 spiro atoms. The predicted molar refractivity (Wildman–Crippen MR) is 69.9 cm³/mol. The molecule has 2 fully saturated rings. The molecule has 1 heterocycles. The highest BCUT2D eigenvalue weighted by Gasteiger charge is 2.34. The maximum Gasteiger partial charge on any atom is 0.148 e. The van der Waals surface area contributed by atoms with E-state index in [9.17, 15) is 8.42 Å². The summed E-state index contributed by atoms with van der Waals surface area (Å²) < 4.78 is 22.2. The van der Waals surface area contributed by atoms with E-state index in [-0.39, 0.29) is 5.75 Å². The Hall–Kier alpha value is -0.130. The molecule has 3 unspecified atom stereocenters. The molecular weight excluding hydrogens is 236 g/mol. The largest absolute Gasteiger partial charge is 0.314 e. The molecule has 0 aromatic carbocycles. The van der Waals surface area contributed by atoms with E-state index < -0.39 is 9.84 Å². The van der Waals surface area contributed by atoms with Crippen LogP contribution < -0.4 is 10.6 Å². The highest BCUT2D eigenvalue weighted by atomic mass is 32.2. The highest BCUT2D eigenvalue weighted by Crippen LogP contribution is 2.31. The Morgan fingerprint density at radius 1 is 1.24 bits per heavy atom. The summed E-state index contributed by atoms with van der Waals surface area (Å²) in [6.45, 7) is 1.75. The van der Waals surface area contributed by atoms with Crippen LogP contribution in [-0.4, -0.2) is 45.6 Å². The van der Waals surface area contributed by atoms with E-state index in [2.05, 4.69) is 10.6 Å². The van der Waals surface area contributed by atoms with Crippen LogP contribution >= 0.6 is 0 Å². The van der Waals surface area contributed by atoms with Crippen LogP contribution in [0.1, 0.15) is 32.1 Å². The van der Waals surface area contributed by atoms with Gasteiger partial charge in [-0.05, 0) is 38.1 Å². The van der Waals surface area contributed by atoms with Crippen molar-refractivity contribution in [2.24, 2.45) is 5.92 Å². The first kappa shape index (κ1) is 13.3. The van der Waals surface area contributed by atoms with E-state index >= 15 is 0 Å². The van der Waals surface area contributed by atoms with Gasteiger partial charge in [-0.3, -0.25) is 0 Å². The lowest BCUT2D eigenvalue weighted by atomic mass is 9.93. The Morgan fingerprint density at radius 2 is 2.06 bits per heavy atom. The van der Waals surface area contributed by atoms with Crippen molar-refractivity contribution < 1.29 is 8.42 Å². The quantitative estimate of drug-likeness (QED) is 0.757. The molecule has 1 saturated carbocycles. The third-order valence-electron chi connectivity index (χ3n) is 4.06. The van der Waals surface area contributed by atoms with Gasteiger partial charge in [-0.25, -0.2) is 8.42 Å². The normalized spacial score (nSPS) is 34.3. The minimum absolute atomic E-state index is 0.258. The number of hydrogen-bond acceptors (Lipinski definition) is 4. The van der Waals surface area contributed by atoms with Gasteiger partial charge in [-0.2, -0.15) is 0 Å². The predicted octanol–water partition coefficient (Wildman–Crippen LogP) is 0.541. The number of sulfone groups is 1. The molecule has 100 valence electrons. The molecule has 0 aromatic heterocycles. The number of nitrogens with one attached hydrogen (secondary N) is 2. The van der Waals surface area contributed by atoms with Crippen LogP contribution in [0.4, 0.5) is 0 Å². The SMILES string of the molecule is CS(=O)(=O)CCNC1CCCC1C1CCCN1. The average Bonchev–Trinajstić information content (AvgIpc) is 2.82. The molecule has 1 saturated heterocycles. The van der Waals surface area contributed by atoms with Gasteiger partial charge in [-0.1, -0.05) is 6.42 Å². The van der Waals surface area contributed by atoms with E-state index in [1.807, 2.05) is 0 Å². The minimum Gasteiger partial charge on any atom is -0.314 e. The minimum atomic E-state index is -2.83. The molecule has 2 rings (SSSR count). The zero-order valence-electron chi connectivity index (χ0n) is 10.6. The van der Waals surface area contributed by atoms with Gasteiger partial charge in [0.1, 0.15) is 9.84 Å². The maximum absolute atomic E-state index is 11.1. The number of rotatable bonds is 5. The van der Waals surface area contributed by atoms with Gasteiger partial charge < -0.3 is 10.6 Å². The fraction of sp³-hybridized carbons (Fsp3) is 1.00. The van der Waals surface area contributed by atoms with Crippen molar-refractivity contribution in [2.45, 2.75) is 44.2 Å². The molecule has 1 aliphatic carbocycles. The molecule has 5 heteroatoms. The summed E-state index contributed by atoms with van der Waals surface area (Å²) in [6.07, 6.45) is 7.64. The molecule has 0 bridgehead atoms. The van der Waals surface area contributed by atoms with E-state index in [0.717, 1.165) is 6.54 Å². The first-order valence-electron chi connectivity index (χ1n) is 6.71. The summed E-state index contributed by atoms with van der Waals surface area (Å²) in [5.41, 5.74) is 0. The van der Waals surface area contributed by atoms with Gasteiger partial charge in [0, 0.05) is 24.9 Å². The van der Waals surface area contributed by atoms with E-state index in [0.29, 0.717) is 24.5 Å². The van der Waals surface area contributed by atoms with Crippen molar-refractivity contribution in [3.63, 3.8) is 0 Å². The second-order valence-corrected chi connectivity index (χ2v) is 7.75. The lowest BCUT2D eigenvalue weighted by molar-refractivity contribution is 0.325. The third-order valence-corrected chi connectivity index (χ3v) is 5.01. The number of hydrogen-bond donors (Lipinski definition) is 2. The molecule has 1 aliphatic heterocycles. The smallest absolute Gasteiger partial charge is 0.148 e. The van der Waals surface area contributed by atoms with Gasteiger partial charge in [-0.15, -0.1) is 0 Å². The van der Waals surface area contributed by atoms with Crippen LogP contribution in [0.25, 0.3) is 0 Å². The first-order valence-corrected chi connectivity index (χ1v) is 8.77. The van der Waals surface area contributed by atoms with Crippen LogP contribution in [0.2, 0.25) is 0 Å². The molecular formula is C12H24N2O2S. The molecule has 0 amide bonds. The zero-order chi connectivity index (χ0) is 12.3.